The van der Waals surface area contributed by atoms with E-state index in [0.29, 0.717) is 16.4 Å². The number of hydrogen-bond acceptors (Lipinski definition) is 3. The molecule has 0 radical (unpaired) electrons. The molecule has 0 aliphatic carbocycles. The number of benzene rings is 2. The minimum Gasteiger partial charge on any atom is -0.508 e. The van der Waals surface area contributed by atoms with Gasteiger partial charge in [0.2, 0.25) is 0 Å². The van der Waals surface area contributed by atoms with Crippen molar-refractivity contribution in [1.29, 1.82) is 0 Å². The molecule has 0 saturated carbocycles. The fourth-order valence-corrected chi connectivity index (χ4v) is 1.83. The maximum absolute atomic E-state index is 12.1. The van der Waals surface area contributed by atoms with E-state index >= 15 is 0 Å². The lowest BCUT2D eigenvalue weighted by molar-refractivity contribution is 0.102. The molecule has 5 heteroatoms. The number of aryl methyl sites for hydroxylation is 1. The number of hydrogen-bond donors (Lipinski definition) is 3. The maximum atomic E-state index is 12.1. The van der Waals surface area contributed by atoms with Gasteiger partial charge >= 0.3 is 0 Å². The second kappa shape index (κ2) is 5.20. The largest absolute Gasteiger partial charge is 0.508 e. The molecule has 0 aromatic heterocycles. The van der Waals surface area contributed by atoms with Crippen LogP contribution in [-0.4, -0.2) is 11.0 Å². The van der Waals surface area contributed by atoms with Crippen LogP contribution < -0.4 is 11.1 Å². The highest BCUT2D eigenvalue weighted by molar-refractivity contribution is 6.31. The number of carbonyl (C=O) groups is 1. The number of nitrogen functional groups attached to an aromatic ring is 1. The topological polar surface area (TPSA) is 75.3 Å². The molecule has 0 aliphatic heterocycles. The molecular formula is C14H13ClN2O2. The Balaban J connectivity index is 2.30. The lowest BCUT2D eigenvalue weighted by Gasteiger charge is -2.10. The lowest BCUT2D eigenvalue weighted by Crippen LogP contribution is -2.14. The van der Waals surface area contributed by atoms with Gasteiger partial charge in [-0.2, -0.15) is 0 Å². The molecule has 2 rings (SSSR count). The molecule has 19 heavy (non-hydrogen) atoms. The Labute approximate surface area is 115 Å². The quantitative estimate of drug-likeness (QED) is 0.582. The van der Waals surface area contributed by atoms with E-state index in [1.165, 1.54) is 18.2 Å². The molecule has 0 aliphatic rings. The van der Waals surface area contributed by atoms with Gasteiger partial charge in [0, 0.05) is 16.4 Å². The van der Waals surface area contributed by atoms with Gasteiger partial charge in [-0.15, -0.1) is 0 Å². The molecular weight excluding hydrogens is 264 g/mol. The second-order valence-corrected chi connectivity index (χ2v) is 4.62. The van der Waals surface area contributed by atoms with Crippen molar-refractivity contribution in [3.63, 3.8) is 0 Å². The minimum atomic E-state index is -0.390. The Morgan fingerprint density at radius 2 is 2.00 bits per heavy atom. The van der Waals surface area contributed by atoms with Gasteiger partial charge in [-0.25, -0.2) is 0 Å². The van der Waals surface area contributed by atoms with Crippen molar-refractivity contribution in [2.75, 3.05) is 11.1 Å². The van der Waals surface area contributed by atoms with Gasteiger partial charge in [-0.1, -0.05) is 17.7 Å². The van der Waals surface area contributed by atoms with Crippen LogP contribution in [0.2, 0.25) is 5.02 Å². The van der Waals surface area contributed by atoms with Crippen LogP contribution in [0, 0.1) is 6.92 Å². The van der Waals surface area contributed by atoms with E-state index < -0.39 is 5.91 Å². The van der Waals surface area contributed by atoms with Gasteiger partial charge in [0.25, 0.3) is 5.91 Å². The summed E-state index contributed by atoms with van der Waals surface area (Å²) in [5.74, 6) is -0.402. The second-order valence-electron chi connectivity index (χ2n) is 4.18. The number of halogens is 1. The first-order valence-electron chi connectivity index (χ1n) is 5.63. The first kappa shape index (κ1) is 13.2. The van der Waals surface area contributed by atoms with Gasteiger partial charge in [0.1, 0.15) is 5.75 Å². The summed E-state index contributed by atoms with van der Waals surface area (Å²) in [6, 6.07) is 9.45. The first-order valence-corrected chi connectivity index (χ1v) is 6.01. The number of carbonyl (C=O) groups excluding carboxylic acids is 1. The molecule has 0 unspecified atom stereocenters. The highest BCUT2D eigenvalue weighted by Gasteiger charge is 2.12. The zero-order chi connectivity index (χ0) is 14.0. The van der Waals surface area contributed by atoms with E-state index in [1.54, 1.807) is 12.1 Å². The molecule has 0 fully saturated rings. The van der Waals surface area contributed by atoms with Gasteiger partial charge in [-0.3, -0.25) is 4.79 Å². The lowest BCUT2D eigenvalue weighted by atomic mass is 10.1. The molecule has 98 valence electrons. The summed E-state index contributed by atoms with van der Waals surface area (Å²) in [5, 5.41) is 12.6. The number of rotatable bonds is 2. The van der Waals surface area contributed by atoms with Crippen LogP contribution in [0.15, 0.2) is 36.4 Å². The predicted molar refractivity (Wildman–Crippen MR) is 76.7 cm³/mol. The third kappa shape index (κ3) is 2.98. The fourth-order valence-electron chi connectivity index (χ4n) is 1.66. The van der Waals surface area contributed by atoms with Crippen LogP contribution in [0.1, 0.15) is 15.9 Å². The number of phenolic OH excluding ortho intramolecular Hbond substituents is 1. The number of phenols is 1. The first-order chi connectivity index (χ1) is 8.97. The molecule has 0 atom stereocenters. The van der Waals surface area contributed by atoms with Crippen LogP contribution in [0.25, 0.3) is 0 Å². The highest BCUT2D eigenvalue weighted by Crippen LogP contribution is 2.23. The van der Waals surface area contributed by atoms with Crippen molar-refractivity contribution >= 4 is 28.9 Å². The van der Waals surface area contributed by atoms with Gasteiger partial charge < -0.3 is 16.2 Å². The normalized spacial score (nSPS) is 10.2. The molecule has 4 N–H and O–H groups in total. The molecule has 2 aromatic rings. The van der Waals surface area contributed by atoms with Crippen LogP contribution in [0.4, 0.5) is 11.4 Å². The smallest absolute Gasteiger partial charge is 0.257 e. The number of aromatic hydroxyl groups is 1. The fraction of sp³-hybridized carbons (Fsp3) is 0.0714. The summed E-state index contributed by atoms with van der Waals surface area (Å²) in [6.45, 7) is 1.86. The van der Waals surface area contributed by atoms with E-state index in [2.05, 4.69) is 5.32 Å². The Kier molecular flexibility index (Phi) is 3.62. The van der Waals surface area contributed by atoms with Crippen LogP contribution >= 0.6 is 11.6 Å². The van der Waals surface area contributed by atoms with E-state index in [0.717, 1.165) is 5.56 Å². The monoisotopic (exact) mass is 276 g/mol. The van der Waals surface area contributed by atoms with E-state index in [4.69, 9.17) is 17.3 Å². The van der Waals surface area contributed by atoms with Crippen molar-refractivity contribution in [3.05, 3.63) is 52.5 Å². The summed E-state index contributed by atoms with van der Waals surface area (Å²) in [5.41, 5.74) is 7.73. The standard InChI is InChI=1S/C14H13ClN2O2/c1-8-2-3-9(15)6-13(8)17-14(19)11-7-10(18)4-5-12(11)16/h2-7,18H,16H2,1H3,(H,17,19). The number of anilines is 2. The van der Waals surface area contributed by atoms with E-state index in [9.17, 15) is 9.90 Å². The van der Waals surface area contributed by atoms with Gasteiger partial charge in [0.15, 0.2) is 0 Å². The summed E-state index contributed by atoms with van der Waals surface area (Å²) >= 11 is 5.89. The van der Waals surface area contributed by atoms with Crippen molar-refractivity contribution in [1.82, 2.24) is 0 Å². The van der Waals surface area contributed by atoms with Crippen LogP contribution in [0.5, 0.6) is 5.75 Å². The Morgan fingerprint density at radius 3 is 2.74 bits per heavy atom. The van der Waals surface area contributed by atoms with E-state index in [1.807, 2.05) is 13.0 Å². The third-order valence-corrected chi connectivity index (χ3v) is 2.96. The van der Waals surface area contributed by atoms with Crippen molar-refractivity contribution in [3.8, 4) is 5.75 Å². The molecule has 4 nitrogen and oxygen atoms in total. The summed E-state index contributed by atoms with van der Waals surface area (Å²) in [4.78, 5) is 12.1. The Bertz CT molecular complexity index is 641. The number of nitrogens with two attached hydrogens (primary N) is 1. The minimum absolute atomic E-state index is 0.0119. The maximum Gasteiger partial charge on any atom is 0.257 e. The van der Waals surface area contributed by atoms with Crippen molar-refractivity contribution in [2.45, 2.75) is 6.92 Å². The molecule has 0 saturated heterocycles. The van der Waals surface area contributed by atoms with Gasteiger partial charge in [0.05, 0.1) is 5.56 Å². The average molecular weight is 277 g/mol. The number of nitrogens with one attached hydrogen (secondary N) is 1. The summed E-state index contributed by atoms with van der Waals surface area (Å²) in [7, 11) is 0. The van der Waals surface area contributed by atoms with Crippen LogP contribution in [-0.2, 0) is 0 Å². The van der Waals surface area contributed by atoms with Crippen molar-refractivity contribution in [2.24, 2.45) is 0 Å². The third-order valence-electron chi connectivity index (χ3n) is 2.73. The molecule has 1 amide bonds. The highest BCUT2D eigenvalue weighted by atomic mass is 35.5. The number of amides is 1. The Morgan fingerprint density at radius 1 is 1.26 bits per heavy atom. The van der Waals surface area contributed by atoms with Crippen molar-refractivity contribution < 1.29 is 9.90 Å². The average Bonchev–Trinajstić information content (AvgIpc) is 2.36. The molecule has 0 bridgehead atoms. The molecule has 0 heterocycles. The Hall–Kier alpha value is -2.20. The zero-order valence-corrected chi connectivity index (χ0v) is 11.0. The van der Waals surface area contributed by atoms with E-state index in [-0.39, 0.29) is 11.3 Å². The zero-order valence-electron chi connectivity index (χ0n) is 10.3. The SMILES string of the molecule is Cc1ccc(Cl)cc1NC(=O)c1cc(O)ccc1N. The molecule has 2 aromatic carbocycles. The van der Waals surface area contributed by atoms with Crippen LogP contribution in [0.3, 0.4) is 0 Å². The molecule has 0 spiro atoms. The van der Waals surface area contributed by atoms with Gasteiger partial charge in [-0.05, 0) is 42.8 Å². The predicted octanol–water partition coefficient (Wildman–Crippen LogP) is 3.19. The summed E-state index contributed by atoms with van der Waals surface area (Å²) in [6.07, 6.45) is 0. The summed E-state index contributed by atoms with van der Waals surface area (Å²) < 4.78 is 0.